The second kappa shape index (κ2) is 9.48. The van der Waals surface area contributed by atoms with Crippen LogP contribution in [0.5, 0.6) is 5.75 Å². The molecule has 190 valence electrons. The molecule has 1 atom stereocenters. The Morgan fingerprint density at radius 2 is 1.71 bits per heavy atom. The summed E-state index contributed by atoms with van der Waals surface area (Å²) in [6.45, 7) is 1.27. The van der Waals surface area contributed by atoms with Crippen molar-refractivity contribution >= 4 is 40.2 Å². The van der Waals surface area contributed by atoms with E-state index in [1.54, 1.807) is 42.5 Å². The first-order valence-electron chi connectivity index (χ1n) is 12.3. The summed E-state index contributed by atoms with van der Waals surface area (Å²) in [5.41, 5.74) is 3.44. The Bertz CT molecular complexity index is 1530. The number of carbonyl (C=O) groups excluding carboxylic acids is 2. The number of furan rings is 1. The number of hydrogen-bond donors (Lipinski definition) is 2. The first kappa shape index (κ1) is 23.4. The topological polar surface area (TPSA) is 95.2 Å². The van der Waals surface area contributed by atoms with Crippen molar-refractivity contribution in [1.29, 1.82) is 0 Å². The van der Waals surface area contributed by atoms with Crippen LogP contribution in [0.15, 0.2) is 101 Å². The van der Waals surface area contributed by atoms with Crippen molar-refractivity contribution < 1.29 is 23.8 Å². The van der Waals surface area contributed by atoms with E-state index < -0.39 is 17.7 Å². The minimum absolute atomic E-state index is 0.0317. The Hall–Kier alpha value is -4.98. The lowest BCUT2D eigenvalue weighted by molar-refractivity contribution is -0.132. The molecule has 1 aromatic heterocycles. The van der Waals surface area contributed by atoms with Gasteiger partial charge in [0.25, 0.3) is 11.7 Å². The van der Waals surface area contributed by atoms with Crippen molar-refractivity contribution in [1.82, 2.24) is 0 Å². The molecule has 4 aromatic rings. The van der Waals surface area contributed by atoms with Crippen molar-refractivity contribution in [3.8, 4) is 5.75 Å². The van der Waals surface area contributed by atoms with Gasteiger partial charge in [0.15, 0.2) is 0 Å². The number of aliphatic hydroxyl groups is 1. The molecule has 6 rings (SSSR count). The normalized spacial score (nSPS) is 18.3. The Kier molecular flexibility index (Phi) is 5.84. The molecular formula is C30H25N3O5. The van der Waals surface area contributed by atoms with Crippen molar-refractivity contribution in [3.63, 3.8) is 0 Å². The number of amides is 1. The molecule has 3 aromatic carbocycles. The molecule has 3 heterocycles. The number of fused-ring (bicyclic) bond motifs is 1. The van der Waals surface area contributed by atoms with Gasteiger partial charge >= 0.3 is 0 Å². The highest BCUT2D eigenvalue weighted by atomic mass is 16.5. The van der Waals surface area contributed by atoms with Crippen LogP contribution in [0.2, 0.25) is 0 Å². The van der Waals surface area contributed by atoms with E-state index in [-0.39, 0.29) is 11.3 Å². The number of likely N-dealkylation sites (N-methyl/N-ethyl adjacent to an activating group) is 1. The maximum atomic E-state index is 13.4. The molecule has 1 unspecified atom stereocenters. The Morgan fingerprint density at radius 1 is 0.947 bits per heavy atom. The lowest BCUT2D eigenvalue weighted by Crippen LogP contribution is -2.29. The van der Waals surface area contributed by atoms with Crippen LogP contribution in [0.3, 0.4) is 0 Å². The van der Waals surface area contributed by atoms with Gasteiger partial charge in [0.2, 0.25) is 0 Å². The molecule has 0 spiro atoms. The molecule has 0 saturated carbocycles. The van der Waals surface area contributed by atoms with E-state index in [1.807, 2.05) is 54.4 Å². The van der Waals surface area contributed by atoms with Crippen LogP contribution < -0.4 is 19.9 Å². The summed E-state index contributed by atoms with van der Waals surface area (Å²) >= 11 is 0. The summed E-state index contributed by atoms with van der Waals surface area (Å²) in [5, 5.41) is 14.7. The lowest BCUT2D eigenvalue weighted by Gasteiger charge is -2.28. The SMILES string of the molecule is CN1CCOc2ccc(/C(O)=C3/C(=O)C(=O)N(c4ccc(Nc5ccccc5)cc4)C3c3ccco3)cc21. The molecule has 1 fully saturated rings. The van der Waals surface area contributed by atoms with Gasteiger partial charge in [0.1, 0.15) is 29.9 Å². The van der Waals surface area contributed by atoms with E-state index in [2.05, 4.69) is 5.32 Å². The molecular weight excluding hydrogens is 482 g/mol. The summed E-state index contributed by atoms with van der Waals surface area (Å²) in [5.74, 6) is -0.720. The van der Waals surface area contributed by atoms with Crippen LogP contribution in [-0.4, -0.2) is 37.0 Å². The van der Waals surface area contributed by atoms with Gasteiger partial charge in [-0.3, -0.25) is 14.5 Å². The predicted octanol–water partition coefficient (Wildman–Crippen LogP) is 5.48. The van der Waals surface area contributed by atoms with Crippen LogP contribution >= 0.6 is 0 Å². The maximum absolute atomic E-state index is 13.4. The van der Waals surface area contributed by atoms with E-state index >= 15 is 0 Å². The lowest BCUT2D eigenvalue weighted by atomic mass is 9.98. The van der Waals surface area contributed by atoms with E-state index in [9.17, 15) is 14.7 Å². The third-order valence-electron chi connectivity index (χ3n) is 6.79. The van der Waals surface area contributed by atoms with Crippen molar-refractivity contribution in [2.45, 2.75) is 6.04 Å². The minimum atomic E-state index is -0.928. The Balaban J connectivity index is 1.40. The van der Waals surface area contributed by atoms with Crippen molar-refractivity contribution in [2.24, 2.45) is 0 Å². The smallest absolute Gasteiger partial charge is 0.300 e. The summed E-state index contributed by atoms with van der Waals surface area (Å²) in [4.78, 5) is 30.1. The predicted molar refractivity (Wildman–Crippen MR) is 145 cm³/mol. The number of rotatable bonds is 5. The molecule has 8 nitrogen and oxygen atoms in total. The second-order valence-corrected chi connectivity index (χ2v) is 9.17. The number of nitrogens with zero attached hydrogens (tertiary/aromatic N) is 2. The number of ketones is 1. The highest BCUT2D eigenvalue weighted by Crippen LogP contribution is 2.43. The molecule has 1 amide bonds. The van der Waals surface area contributed by atoms with E-state index in [0.717, 1.165) is 17.1 Å². The highest BCUT2D eigenvalue weighted by molar-refractivity contribution is 6.51. The molecule has 0 bridgehead atoms. The Labute approximate surface area is 219 Å². The number of carbonyl (C=O) groups is 2. The van der Waals surface area contributed by atoms with Crippen LogP contribution in [-0.2, 0) is 9.59 Å². The van der Waals surface area contributed by atoms with Gasteiger partial charge in [-0.05, 0) is 66.7 Å². The fourth-order valence-electron chi connectivity index (χ4n) is 4.86. The molecule has 2 aliphatic rings. The number of ether oxygens (including phenoxy) is 1. The quantitative estimate of drug-likeness (QED) is 0.210. The molecule has 1 saturated heterocycles. The first-order chi connectivity index (χ1) is 18.5. The third-order valence-corrected chi connectivity index (χ3v) is 6.79. The third kappa shape index (κ3) is 4.06. The minimum Gasteiger partial charge on any atom is -0.507 e. The number of anilines is 4. The zero-order valence-corrected chi connectivity index (χ0v) is 20.6. The Morgan fingerprint density at radius 3 is 2.45 bits per heavy atom. The van der Waals surface area contributed by atoms with E-state index in [4.69, 9.17) is 9.15 Å². The standard InChI is InChI=1S/C30H25N3O5/c1-32-15-17-38-24-14-9-19(18-23(24)32)28(34)26-27(25-8-5-16-37-25)33(30(36)29(26)35)22-12-10-21(11-13-22)31-20-6-3-2-4-7-20/h2-14,16,18,27,31,34H,15,17H2,1H3/b28-26-. The number of Topliss-reactive ketones (excluding diaryl/α,β-unsaturated/α-hetero) is 1. The zero-order valence-electron chi connectivity index (χ0n) is 20.6. The van der Waals surface area contributed by atoms with E-state index in [0.29, 0.717) is 35.9 Å². The van der Waals surface area contributed by atoms with Gasteiger partial charge in [-0.15, -0.1) is 0 Å². The monoisotopic (exact) mass is 507 g/mol. The average molecular weight is 508 g/mol. The summed E-state index contributed by atoms with van der Waals surface area (Å²) in [6.07, 6.45) is 1.48. The van der Waals surface area contributed by atoms with Gasteiger partial charge in [0, 0.05) is 29.7 Å². The highest BCUT2D eigenvalue weighted by Gasteiger charge is 2.48. The number of benzene rings is 3. The fourth-order valence-corrected chi connectivity index (χ4v) is 4.86. The van der Waals surface area contributed by atoms with Crippen LogP contribution in [0.1, 0.15) is 17.4 Å². The maximum Gasteiger partial charge on any atom is 0.300 e. The fraction of sp³-hybridized carbons (Fsp3) is 0.133. The molecule has 0 aliphatic carbocycles. The molecule has 8 heteroatoms. The van der Waals surface area contributed by atoms with E-state index in [1.165, 1.54) is 11.2 Å². The first-order valence-corrected chi connectivity index (χ1v) is 12.3. The average Bonchev–Trinajstić information content (AvgIpc) is 3.56. The zero-order chi connectivity index (χ0) is 26.2. The number of nitrogens with one attached hydrogen (secondary N) is 1. The van der Waals surface area contributed by atoms with Crippen molar-refractivity contribution in [3.05, 3.63) is 108 Å². The summed E-state index contributed by atoms with van der Waals surface area (Å²) in [6, 6.07) is 24.6. The van der Waals surface area contributed by atoms with Gasteiger partial charge in [-0.1, -0.05) is 18.2 Å². The second-order valence-electron chi connectivity index (χ2n) is 9.17. The number of para-hydroxylation sites is 1. The molecule has 0 radical (unpaired) electrons. The number of aliphatic hydroxyl groups excluding tert-OH is 1. The van der Waals surface area contributed by atoms with Crippen LogP contribution in [0, 0.1) is 0 Å². The van der Waals surface area contributed by atoms with Crippen LogP contribution in [0.4, 0.5) is 22.7 Å². The van der Waals surface area contributed by atoms with Crippen LogP contribution in [0.25, 0.3) is 5.76 Å². The molecule has 2 N–H and O–H groups in total. The van der Waals surface area contributed by atoms with Gasteiger partial charge in [0.05, 0.1) is 24.1 Å². The van der Waals surface area contributed by atoms with Gasteiger partial charge in [-0.2, -0.15) is 0 Å². The summed E-state index contributed by atoms with van der Waals surface area (Å²) < 4.78 is 11.4. The summed E-state index contributed by atoms with van der Waals surface area (Å²) in [7, 11) is 1.93. The molecule has 2 aliphatic heterocycles. The number of hydrogen-bond acceptors (Lipinski definition) is 7. The van der Waals surface area contributed by atoms with Gasteiger partial charge in [-0.25, -0.2) is 0 Å². The van der Waals surface area contributed by atoms with Crippen molar-refractivity contribution in [2.75, 3.05) is 35.3 Å². The largest absolute Gasteiger partial charge is 0.507 e. The van der Waals surface area contributed by atoms with Gasteiger partial charge < -0.3 is 24.5 Å². The molecule has 38 heavy (non-hydrogen) atoms.